The lowest BCUT2D eigenvalue weighted by Crippen LogP contribution is -2.33. The second-order valence-electron chi connectivity index (χ2n) is 5.53. The van der Waals surface area contributed by atoms with E-state index in [9.17, 15) is 14.4 Å². The Morgan fingerprint density at radius 3 is 2.86 bits per heavy atom. The Hall–Kier alpha value is -1.93. The second kappa shape index (κ2) is 6.05. The summed E-state index contributed by atoms with van der Waals surface area (Å²) in [6, 6.07) is 0. The van der Waals surface area contributed by atoms with Crippen LogP contribution in [0, 0.1) is 6.92 Å². The van der Waals surface area contributed by atoms with Crippen LogP contribution in [0.15, 0.2) is 15.8 Å². The van der Waals surface area contributed by atoms with Gasteiger partial charge in [0.2, 0.25) is 0 Å². The third-order valence-corrected chi connectivity index (χ3v) is 3.84. The maximum Gasteiger partial charge on any atom is 0.337 e. The number of carbonyl (C=O) groups is 1. The molecule has 0 spiro atoms. The van der Waals surface area contributed by atoms with Gasteiger partial charge < -0.3 is 14.2 Å². The van der Waals surface area contributed by atoms with Crippen molar-refractivity contribution in [1.82, 2.24) is 9.55 Å². The summed E-state index contributed by atoms with van der Waals surface area (Å²) in [5.41, 5.74) is -0.687. The minimum absolute atomic E-state index is 0.212. The first-order valence-corrected chi connectivity index (χ1v) is 7.34. The van der Waals surface area contributed by atoms with Crippen molar-refractivity contribution in [3.8, 4) is 0 Å². The predicted molar refractivity (Wildman–Crippen MR) is 74.3 cm³/mol. The Labute approximate surface area is 126 Å². The molecule has 22 heavy (non-hydrogen) atoms. The molecule has 2 saturated heterocycles. The molecule has 1 aromatic rings. The highest BCUT2D eigenvalue weighted by Crippen LogP contribution is 2.28. The van der Waals surface area contributed by atoms with E-state index >= 15 is 0 Å². The van der Waals surface area contributed by atoms with Crippen LogP contribution in [0.3, 0.4) is 0 Å². The molecule has 0 amide bonds. The fourth-order valence-corrected chi connectivity index (χ4v) is 2.62. The second-order valence-corrected chi connectivity index (χ2v) is 5.53. The van der Waals surface area contributed by atoms with E-state index in [2.05, 4.69) is 4.98 Å². The van der Waals surface area contributed by atoms with E-state index in [0.717, 1.165) is 19.3 Å². The van der Waals surface area contributed by atoms with E-state index in [1.54, 1.807) is 6.92 Å². The van der Waals surface area contributed by atoms with E-state index in [4.69, 9.17) is 14.2 Å². The van der Waals surface area contributed by atoms with Crippen LogP contribution in [0.4, 0.5) is 0 Å². The molecule has 3 atom stereocenters. The van der Waals surface area contributed by atoms with Gasteiger partial charge in [-0.1, -0.05) is 0 Å². The largest absolute Gasteiger partial charge is 0.439 e. The zero-order chi connectivity index (χ0) is 15.7. The number of aromatic amines is 1. The minimum atomic E-state index is -0.774. The van der Waals surface area contributed by atoms with Crippen molar-refractivity contribution in [2.24, 2.45) is 0 Å². The topological polar surface area (TPSA) is 99.6 Å². The van der Waals surface area contributed by atoms with Crippen LogP contribution in [0.2, 0.25) is 0 Å². The SMILES string of the molecule is Cc1cn([C@H]2C[C@@H](OC3CCCCO3)C(=O)O2)c(=O)[nH]c1=O. The lowest BCUT2D eigenvalue weighted by Gasteiger charge is -2.24. The number of nitrogens with zero attached hydrogens (tertiary/aromatic N) is 1. The maximum atomic E-state index is 11.9. The van der Waals surface area contributed by atoms with Crippen LogP contribution in [0.5, 0.6) is 0 Å². The van der Waals surface area contributed by atoms with Gasteiger partial charge in [0.25, 0.3) is 5.56 Å². The average molecular weight is 310 g/mol. The molecule has 3 rings (SSSR count). The normalized spacial score (nSPS) is 28.6. The highest BCUT2D eigenvalue weighted by Gasteiger charge is 2.39. The van der Waals surface area contributed by atoms with Gasteiger partial charge in [-0.25, -0.2) is 9.59 Å². The summed E-state index contributed by atoms with van der Waals surface area (Å²) in [6.07, 6.45) is 2.39. The molecule has 8 nitrogen and oxygen atoms in total. The minimum Gasteiger partial charge on any atom is -0.439 e. The van der Waals surface area contributed by atoms with Gasteiger partial charge >= 0.3 is 11.7 Å². The Bertz CT molecular complexity index is 673. The van der Waals surface area contributed by atoms with Crippen molar-refractivity contribution < 1.29 is 19.0 Å². The first-order valence-electron chi connectivity index (χ1n) is 7.34. The third-order valence-electron chi connectivity index (χ3n) is 3.84. The molecule has 2 aliphatic rings. The molecule has 3 heterocycles. The fourth-order valence-electron chi connectivity index (χ4n) is 2.62. The predicted octanol–water partition coefficient (Wildman–Crippen LogP) is 0.202. The summed E-state index contributed by atoms with van der Waals surface area (Å²) in [6.45, 7) is 2.20. The molecule has 1 aromatic heterocycles. The van der Waals surface area contributed by atoms with Gasteiger partial charge in [-0.05, 0) is 26.2 Å². The van der Waals surface area contributed by atoms with Crippen molar-refractivity contribution >= 4 is 5.97 Å². The molecule has 0 aliphatic carbocycles. The molecular formula is C14H18N2O6. The first-order chi connectivity index (χ1) is 10.5. The van der Waals surface area contributed by atoms with Crippen LogP contribution in [0.25, 0.3) is 0 Å². The Morgan fingerprint density at radius 1 is 1.32 bits per heavy atom. The number of carbonyl (C=O) groups excluding carboxylic acids is 1. The van der Waals surface area contributed by atoms with Crippen molar-refractivity contribution in [3.63, 3.8) is 0 Å². The third kappa shape index (κ3) is 2.97. The number of H-pyrrole nitrogens is 1. The van der Waals surface area contributed by atoms with Gasteiger partial charge in [0.15, 0.2) is 18.6 Å². The summed E-state index contributed by atoms with van der Waals surface area (Å²) in [5, 5.41) is 0. The molecular weight excluding hydrogens is 292 g/mol. The molecule has 2 fully saturated rings. The molecule has 0 bridgehead atoms. The molecule has 0 radical (unpaired) electrons. The van der Waals surface area contributed by atoms with Crippen molar-refractivity contribution in [2.45, 2.75) is 51.2 Å². The number of aromatic nitrogens is 2. The van der Waals surface area contributed by atoms with Crippen LogP contribution in [-0.2, 0) is 19.0 Å². The summed E-state index contributed by atoms with van der Waals surface area (Å²) in [7, 11) is 0. The summed E-state index contributed by atoms with van der Waals surface area (Å²) >= 11 is 0. The number of rotatable bonds is 3. The summed E-state index contributed by atoms with van der Waals surface area (Å²) in [5.74, 6) is -0.519. The zero-order valence-corrected chi connectivity index (χ0v) is 12.2. The van der Waals surface area contributed by atoms with E-state index < -0.39 is 35.8 Å². The van der Waals surface area contributed by atoms with Crippen LogP contribution < -0.4 is 11.2 Å². The number of aryl methyl sites for hydroxylation is 1. The van der Waals surface area contributed by atoms with Gasteiger partial charge in [0, 0.05) is 24.8 Å². The van der Waals surface area contributed by atoms with Crippen molar-refractivity contribution in [2.75, 3.05) is 6.61 Å². The molecule has 0 saturated carbocycles. The number of hydrogen-bond acceptors (Lipinski definition) is 6. The highest BCUT2D eigenvalue weighted by molar-refractivity contribution is 5.76. The first kappa shape index (κ1) is 15.0. The Morgan fingerprint density at radius 2 is 2.14 bits per heavy atom. The number of cyclic esters (lactones) is 1. The quantitative estimate of drug-likeness (QED) is 0.801. The lowest BCUT2D eigenvalue weighted by molar-refractivity contribution is -0.193. The van der Waals surface area contributed by atoms with Crippen LogP contribution in [0.1, 0.15) is 37.5 Å². The standard InChI is InChI=1S/C14H18N2O6/c1-8-7-16(14(19)15-12(8)17)10-6-9(13(18)22-10)21-11-4-2-3-5-20-11/h7,9-11H,2-6H2,1H3,(H,15,17,19)/t9-,10-,11?/m1/s1. The van der Waals surface area contributed by atoms with Gasteiger partial charge in [-0.15, -0.1) is 0 Å². The highest BCUT2D eigenvalue weighted by atomic mass is 16.7. The monoisotopic (exact) mass is 310 g/mol. The number of nitrogens with one attached hydrogen (secondary N) is 1. The maximum absolute atomic E-state index is 11.9. The average Bonchev–Trinajstić information content (AvgIpc) is 2.85. The number of ether oxygens (including phenoxy) is 3. The Balaban J connectivity index is 1.72. The Kier molecular flexibility index (Phi) is 4.12. The van der Waals surface area contributed by atoms with Gasteiger partial charge in [0.05, 0.1) is 0 Å². The van der Waals surface area contributed by atoms with Crippen LogP contribution in [-0.4, -0.2) is 34.5 Å². The fraction of sp³-hybridized carbons (Fsp3) is 0.643. The van der Waals surface area contributed by atoms with Crippen LogP contribution >= 0.6 is 0 Å². The van der Waals surface area contributed by atoms with E-state index in [1.165, 1.54) is 10.8 Å². The van der Waals surface area contributed by atoms with Crippen molar-refractivity contribution in [3.05, 3.63) is 32.6 Å². The van der Waals surface area contributed by atoms with E-state index in [1.807, 2.05) is 0 Å². The van der Waals surface area contributed by atoms with Gasteiger partial charge in [0.1, 0.15) is 0 Å². The molecule has 1 N–H and O–H groups in total. The molecule has 0 aromatic carbocycles. The van der Waals surface area contributed by atoms with Crippen molar-refractivity contribution in [1.29, 1.82) is 0 Å². The molecule has 8 heteroatoms. The number of esters is 1. The van der Waals surface area contributed by atoms with E-state index in [-0.39, 0.29) is 6.42 Å². The molecule has 2 aliphatic heterocycles. The summed E-state index contributed by atoms with van der Waals surface area (Å²) in [4.78, 5) is 37.3. The van der Waals surface area contributed by atoms with Gasteiger partial charge in [-0.2, -0.15) is 0 Å². The summed E-state index contributed by atoms with van der Waals surface area (Å²) < 4.78 is 17.5. The van der Waals surface area contributed by atoms with E-state index in [0.29, 0.717) is 12.2 Å². The molecule has 1 unspecified atom stereocenters. The molecule has 120 valence electrons. The lowest BCUT2D eigenvalue weighted by atomic mass is 10.2. The smallest absolute Gasteiger partial charge is 0.337 e. The number of hydrogen-bond donors (Lipinski definition) is 1. The zero-order valence-electron chi connectivity index (χ0n) is 12.2. The van der Waals surface area contributed by atoms with Gasteiger partial charge in [-0.3, -0.25) is 14.3 Å².